The molecule has 4 aliphatic carbocycles. The van der Waals surface area contributed by atoms with Gasteiger partial charge in [-0.2, -0.15) is 0 Å². The Balaban J connectivity index is 1.70. The summed E-state index contributed by atoms with van der Waals surface area (Å²) in [4.78, 5) is 0. The lowest BCUT2D eigenvalue weighted by Gasteiger charge is -2.57. The van der Waals surface area contributed by atoms with Gasteiger partial charge in [-0.3, -0.25) is 0 Å². The molecular formula is C17H29N. The quantitative estimate of drug-likeness (QED) is 0.736. The van der Waals surface area contributed by atoms with E-state index in [4.69, 9.17) is 0 Å². The zero-order chi connectivity index (χ0) is 12.8. The summed E-state index contributed by atoms with van der Waals surface area (Å²) in [5, 5.41) is 3.53. The van der Waals surface area contributed by atoms with E-state index < -0.39 is 0 Å². The van der Waals surface area contributed by atoms with Crippen molar-refractivity contribution in [3.63, 3.8) is 0 Å². The SMILES string of the molecule is C/C(=C\CNC(C)C)C12CC3CC(CC(C3)C1)C2. The lowest BCUT2D eigenvalue weighted by atomic mass is 9.48. The summed E-state index contributed by atoms with van der Waals surface area (Å²) in [6, 6.07) is 0.602. The first-order valence-electron chi connectivity index (χ1n) is 7.98. The maximum Gasteiger partial charge on any atom is 0.0139 e. The molecule has 1 heteroatoms. The van der Waals surface area contributed by atoms with E-state index in [1.165, 1.54) is 19.3 Å². The van der Waals surface area contributed by atoms with Crippen LogP contribution in [0.25, 0.3) is 0 Å². The molecule has 0 unspecified atom stereocenters. The maximum absolute atomic E-state index is 3.53. The Morgan fingerprint density at radius 1 is 1.11 bits per heavy atom. The highest BCUT2D eigenvalue weighted by Gasteiger charge is 2.51. The number of allylic oxidation sites excluding steroid dienone is 1. The number of hydrogen-bond donors (Lipinski definition) is 1. The number of rotatable bonds is 4. The van der Waals surface area contributed by atoms with Gasteiger partial charge in [-0.25, -0.2) is 0 Å². The van der Waals surface area contributed by atoms with E-state index in [1.807, 2.05) is 0 Å². The largest absolute Gasteiger partial charge is 0.311 e. The average molecular weight is 247 g/mol. The van der Waals surface area contributed by atoms with Gasteiger partial charge in [-0.05, 0) is 68.6 Å². The Morgan fingerprint density at radius 2 is 1.61 bits per heavy atom. The van der Waals surface area contributed by atoms with Crippen LogP contribution in [-0.2, 0) is 0 Å². The fraction of sp³-hybridized carbons (Fsp3) is 0.882. The van der Waals surface area contributed by atoms with Gasteiger partial charge in [-0.1, -0.05) is 25.5 Å². The van der Waals surface area contributed by atoms with Crippen molar-refractivity contribution in [3.8, 4) is 0 Å². The van der Waals surface area contributed by atoms with Gasteiger partial charge >= 0.3 is 0 Å². The average Bonchev–Trinajstić information content (AvgIpc) is 2.26. The molecule has 0 aromatic rings. The predicted octanol–water partition coefficient (Wildman–Crippen LogP) is 4.15. The molecule has 0 saturated heterocycles. The summed E-state index contributed by atoms with van der Waals surface area (Å²) in [5.74, 6) is 3.20. The second kappa shape index (κ2) is 4.67. The van der Waals surface area contributed by atoms with Crippen molar-refractivity contribution in [2.24, 2.45) is 23.2 Å². The number of hydrogen-bond acceptors (Lipinski definition) is 1. The first-order chi connectivity index (χ1) is 8.57. The van der Waals surface area contributed by atoms with Crippen LogP contribution < -0.4 is 5.32 Å². The van der Waals surface area contributed by atoms with Gasteiger partial charge in [0.1, 0.15) is 0 Å². The van der Waals surface area contributed by atoms with Crippen LogP contribution in [-0.4, -0.2) is 12.6 Å². The molecule has 4 rings (SSSR count). The molecule has 0 spiro atoms. The van der Waals surface area contributed by atoms with Gasteiger partial charge in [0.15, 0.2) is 0 Å². The Morgan fingerprint density at radius 3 is 2.06 bits per heavy atom. The third-order valence-corrected chi connectivity index (χ3v) is 5.81. The smallest absolute Gasteiger partial charge is 0.0139 e. The van der Waals surface area contributed by atoms with E-state index in [1.54, 1.807) is 24.8 Å². The summed E-state index contributed by atoms with van der Waals surface area (Å²) in [5.41, 5.74) is 2.32. The summed E-state index contributed by atoms with van der Waals surface area (Å²) in [6.45, 7) is 7.93. The highest BCUT2D eigenvalue weighted by Crippen LogP contribution is 2.62. The third-order valence-electron chi connectivity index (χ3n) is 5.81. The molecule has 4 saturated carbocycles. The van der Waals surface area contributed by atoms with E-state index in [9.17, 15) is 0 Å². The molecule has 4 bridgehead atoms. The molecule has 4 fully saturated rings. The standard InChI is InChI=1S/C17H29N/c1-12(2)18-5-4-13(3)17-9-14-6-15(10-17)8-16(7-14)11-17/h4,12,14-16,18H,5-11H2,1-3H3/b13-4+. The fourth-order valence-electron chi connectivity index (χ4n) is 5.26. The summed E-state index contributed by atoms with van der Waals surface area (Å²) in [7, 11) is 0. The molecule has 0 heterocycles. The van der Waals surface area contributed by atoms with Crippen LogP contribution >= 0.6 is 0 Å². The Kier molecular flexibility index (Phi) is 3.30. The normalized spacial score (nSPS) is 42.9. The minimum atomic E-state index is 0.602. The highest BCUT2D eigenvalue weighted by atomic mass is 14.9. The van der Waals surface area contributed by atoms with Crippen LogP contribution in [0.5, 0.6) is 0 Å². The second-order valence-corrected chi connectivity index (χ2v) is 7.65. The van der Waals surface area contributed by atoms with Gasteiger partial charge in [0.25, 0.3) is 0 Å². The number of nitrogens with one attached hydrogen (secondary N) is 1. The summed E-state index contributed by atoms with van der Waals surface area (Å²) < 4.78 is 0. The lowest BCUT2D eigenvalue weighted by molar-refractivity contribution is -0.0305. The molecule has 1 nitrogen and oxygen atoms in total. The van der Waals surface area contributed by atoms with Crippen molar-refractivity contribution in [2.45, 2.75) is 65.3 Å². The van der Waals surface area contributed by atoms with Crippen LogP contribution in [0, 0.1) is 23.2 Å². The van der Waals surface area contributed by atoms with E-state index >= 15 is 0 Å². The molecule has 102 valence electrons. The molecule has 0 radical (unpaired) electrons. The van der Waals surface area contributed by atoms with Crippen molar-refractivity contribution >= 4 is 0 Å². The second-order valence-electron chi connectivity index (χ2n) is 7.65. The van der Waals surface area contributed by atoms with Crippen LogP contribution in [0.1, 0.15) is 59.3 Å². The van der Waals surface area contributed by atoms with Crippen molar-refractivity contribution in [3.05, 3.63) is 11.6 Å². The van der Waals surface area contributed by atoms with Crippen molar-refractivity contribution in [2.75, 3.05) is 6.54 Å². The Hall–Kier alpha value is -0.300. The highest BCUT2D eigenvalue weighted by molar-refractivity contribution is 5.19. The summed E-state index contributed by atoms with van der Waals surface area (Å²) in [6.07, 6.45) is 11.7. The van der Waals surface area contributed by atoms with Crippen LogP contribution in [0.3, 0.4) is 0 Å². The summed E-state index contributed by atoms with van der Waals surface area (Å²) >= 11 is 0. The third kappa shape index (κ3) is 2.27. The Bertz CT molecular complexity index is 304. The van der Waals surface area contributed by atoms with Crippen molar-refractivity contribution < 1.29 is 0 Å². The van der Waals surface area contributed by atoms with E-state index in [-0.39, 0.29) is 0 Å². The van der Waals surface area contributed by atoms with Crippen LogP contribution in [0.2, 0.25) is 0 Å². The monoisotopic (exact) mass is 247 g/mol. The minimum absolute atomic E-state index is 0.602. The minimum Gasteiger partial charge on any atom is -0.311 e. The molecule has 0 aromatic heterocycles. The zero-order valence-corrected chi connectivity index (χ0v) is 12.3. The zero-order valence-electron chi connectivity index (χ0n) is 12.3. The molecule has 0 aromatic carbocycles. The molecule has 18 heavy (non-hydrogen) atoms. The van der Waals surface area contributed by atoms with Gasteiger partial charge < -0.3 is 5.32 Å². The van der Waals surface area contributed by atoms with Crippen LogP contribution in [0.15, 0.2) is 11.6 Å². The predicted molar refractivity (Wildman–Crippen MR) is 77.5 cm³/mol. The molecule has 0 aliphatic heterocycles. The van der Waals surface area contributed by atoms with E-state index in [2.05, 4.69) is 32.2 Å². The van der Waals surface area contributed by atoms with Gasteiger partial charge in [0.05, 0.1) is 0 Å². The first-order valence-corrected chi connectivity index (χ1v) is 7.98. The molecule has 0 amide bonds. The van der Waals surface area contributed by atoms with Gasteiger partial charge in [-0.15, -0.1) is 0 Å². The van der Waals surface area contributed by atoms with Gasteiger partial charge in [0, 0.05) is 12.6 Å². The molecule has 1 N–H and O–H groups in total. The topological polar surface area (TPSA) is 12.0 Å². The molecule has 4 aliphatic rings. The van der Waals surface area contributed by atoms with E-state index in [0.717, 1.165) is 24.3 Å². The van der Waals surface area contributed by atoms with Crippen molar-refractivity contribution in [1.82, 2.24) is 5.32 Å². The van der Waals surface area contributed by atoms with Crippen LogP contribution in [0.4, 0.5) is 0 Å². The lowest BCUT2D eigenvalue weighted by Crippen LogP contribution is -2.46. The van der Waals surface area contributed by atoms with E-state index in [0.29, 0.717) is 11.5 Å². The molecule has 0 atom stereocenters. The fourth-order valence-corrected chi connectivity index (χ4v) is 5.26. The Labute approximate surface area is 112 Å². The first kappa shape index (κ1) is 12.7. The van der Waals surface area contributed by atoms with Crippen molar-refractivity contribution in [1.29, 1.82) is 0 Å². The van der Waals surface area contributed by atoms with Gasteiger partial charge in [0.2, 0.25) is 0 Å². The molecular weight excluding hydrogens is 218 g/mol. The maximum atomic E-state index is 3.53.